The summed E-state index contributed by atoms with van der Waals surface area (Å²) in [7, 11) is 0. The molecule has 0 aliphatic rings. The van der Waals surface area contributed by atoms with Crippen molar-refractivity contribution in [2.75, 3.05) is 11.9 Å². The minimum absolute atomic E-state index is 0.0954. The number of ketones is 1. The SMILES string of the molecule is O=C(CNCc1ccccn1)Nc1ccc(Cl)cc1C(=O)c1ccccc1.O=C(O)C(=O)O. The summed E-state index contributed by atoms with van der Waals surface area (Å²) in [5.41, 5.74) is 2.16. The van der Waals surface area contributed by atoms with Crippen LogP contribution in [0, 0.1) is 0 Å². The topological polar surface area (TPSA) is 146 Å². The lowest BCUT2D eigenvalue weighted by Crippen LogP contribution is -2.28. The normalized spacial score (nSPS) is 9.85. The molecule has 1 amide bonds. The van der Waals surface area contributed by atoms with E-state index in [9.17, 15) is 9.59 Å². The fourth-order valence-corrected chi connectivity index (χ4v) is 2.73. The summed E-state index contributed by atoms with van der Waals surface area (Å²) in [6.07, 6.45) is 1.70. The zero-order valence-corrected chi connectivity index (χ0v) is 18.0. The van der Waals surface area contributed by atoms with Crippen molar-refractivity contribution < 1.29 is 29.4 Å². The molecule has 10 heteroatoms. The second-order valence-electron chi connectivity index (χ2n) is 6.47. The molecule has 0 atom stereocenters. The van der Waals surface area contributed by atoms with Crippen LogP contribution in [0.25, 0.3) is 0 Å². The number of carboxylic acid groups (broad SMARTS) is 2. The molecule has 0 saturated heterocycles. The van der Waals surface area contributed by atoms with Crippen molar-refractivity contribution in [3.63, 3.8) is 0 Å². The van der Waals surface area contributed by atoms with E-state index in [1.54, 1.807) is 48.7 Å². The second kappa shape index (κ2) is 12.7. The third kappa shape index (κ3) is 8.52. The van der Waals surface area contributed by atoms with Crippen molar-refractivity contribution in [2.24, 2.45) is 0 Å². The van der Waals surface area contributed by atoms with Gasteiger partial charge in [-0.05, 0) is 30.3 Å². The number of hydrogen-bond acceptors (Lipinski definition) is 6. The van der Waals surface area contributed by atoms with Gasteiger partial charge in [-0.1, -0.05) is 48.0 Å². The maximum atomic E-state index is 12.8. The number of carboxylic acids is 2. The molecule has 0 unspecified atom stereocenters. The number of nitrogens with zero attached hydrogens (tertiary/aromatic N) is 1. The lowest BCUT2D eigenvalue weighted by atomic mass is 10.0. The first-order valence-electron chi connectivity index (χ1n) is 9.54. The van der Waals surface area contributed by atoms with Crippen LogP contribution < -0.4 is 10.6 Å². The van der Waals surface area contributed by atoms with Gasteiger partial charge in [0.05, 0.1) is 17.9 Å². The molecular weight excluding hydrogens is 450 g/mol. The number of pyridine rings is 1. The van der Waals surface area contributed by atoms with E-state index < -0.39 is 11.9 Å². The molecule has 0 aliphatic heterocycles. The van der Waals surface area contributed by atoms with Crippen molar-refractivity contribution in [1.82, 2.24) is 10.3 Å². The van der Waals surface area contributed by atoms with Gasteiger partial charge in [0.1, 0.15) is 0 Å². The van der Waals surface area contributed by atoms with Gasteiger partial charge in [0.25, 0.3) is 0 Å². The summed E-state index contributed by atoms with van der Waals surface area (Å²) in [5.74, 6) is -4.10. The molecule has 1 aromatic heterocycles. The molecule has 33 heavy (non-hydrogen) atoms. The monoisotopic (exact) mass is 469 g/mol. The van der Waals surface area contributed by atoms with Crippen LogP contribution in [0.15, 0.2) is 72.9 Å². The van der Waals surface area contributed by atoms with E-state index in [-0.39, 0.29) is 18.2 Å². The molecule has 0 bridgehead atoms. The van der Waals surface area contributed by atoms with Gasteiger partial charge in [-0.25, -0.2) is 9.59 Å². The van der Waals surface area contributed by atoms with Crippen LogP contribution in [0.1, 0.15) is 21.6 Å². The Labute approximate surface area is 194 Å². The van der Waals surface area contributed by atoms with Gasteiger partial charge in [-0.2, -0.15) is 0 Å². The first-order valence-corrected chi connectivity index (χ1v) is 9.91. The molecule has 0 radical (unpaired) electrons. The van der Waals surface area contributed by atoms with Crippen molar-refractivity contribution in [2.45, 2.75) is 6.54 Å². The lowest BCUT2D eigenvalue weighted by molar-refractivity contribution is -0.159. The summed E-state index contributed by atoms with van der Waals surface area (Å²) in [5, 5.41) is 21.0. The predicted octanol–water partition coefficient (Wildman–Crippen LogP) is 2.85. The molecular formula is C23H20ClN3O6. The van der Waals surface area contributed by atoms with Crippen molar-refractivity contribution in [3.05, 3.63) is 94.8 Å². The number of hydrogen-bond donors (Lipinski definition) is 4. The standard InChI is InChI=1S/C21H18ClN3O2.C2H2O4/c22-16-9-10-19(18(12-16)21(27)15-6-2-1-3-7-15)25-20(26)14-23-13-17-8-4-5-11-24-17;3-1(4)2(5)6/h1-12,23H,13-14H2,(H,25,26);(H,3,4)(H,5,6). The fraction of sp³-hybridized carbons (Fsp3) is 0.0870. The molecule has 0 saturated carbocycles. The molecule has 0 spiro atoms. The van der Waals surface area contributed by atoms with Gasteiger partial charge >= 0.3 is 11.9 Å². The van der Waals surface area contributed by atoms with Crippen molar-refractivity contribution in [1.29, 1.82) is 0 Å². The van der Waals surface area contributed by atoms with Crippen LogP contribution in [-0.2, 0) is 20.9 Å². The molecule has 0 aliphatic carbocycles. The van der Waals surface area contributed by atoms with Crippen molar-refractivity contribution >= 4 is 40.9 Å². The van der Waals surface area contributed by atoms with E-state index >= 15 is 0 Å². The van der Waals surface area contributed by atoms with Gasteiger partial charge in [-0.15, -0.1) is 0 Å². The molecule has 9 nitrogen and oxygen atoms in total. The number of benzene rings is 2. The molecule has 170 valence electrons. The summed E-state index contributed by atoms with van der Waals surface area (Å²) in [6.45, 7) is 0.572. The molecule has 1 heterocycles. The Morgan fingerprint density at radius 3 is 2.15 bits per heavy atom. The first-order chi connectivity index (χ1) is 15.8. The number of aliphatic carboxylic acids is 2. The van der Waals surface area contributed by atoms with E-state index in [4.69, 9.17) is 31.4 Å². The number of carbonyl (C=O) groups excluding carboxylic acids is 2. The average molecular weight is 470 g/mol. The Hall–Kier alpha value is -4.08. The average Bonchev–Trinajstić information content (AvgIpc) is 2.81. The van der Waals surface area contributed by atoms with E-state index in [1.807, 2.05) is 24.3 Å². The Bertz CT molecular complexity index is 1110. The van der Waals surface area contributed by atoms with E-state index in [0.717, 1.165) is 5.69 Å². The smallest absolute Gasteiger partial charge is 0.414 e. The van der Waals surface area contributed by atoms with Crippen LogP contribution >= 0.6 is 11.6 Å². The minimum atomic E-state index is -1.82. The fourth-order valence-electron chi connectivity index (χ4n) is 2.56. The summed E-state index contributed by atoms with van der Waals surface area (Å²) < 4.78 is 0. The van der Waals surface area contributed by atoms with Crippen LogP contribution in [0.2, 0.25) is 5.02 Å². The molecule has 0 fully saturated rings. The predicted molar refractivity (Wildman–Crippen MR) is 121 cm³/mol. The lowest BCUT2D eigenvalue weighted by Gasteiger charge is -2.12. The Balaban J connectivity index is 0.000000569. The second-order valence-corrected chi connectivity index (χ2v) is 6.90. The van der Waals surface area contributed by atoms with Crippen LogP contribution in [0.5, 0.6) is 0 Å². The third-order valence-corrected chi connectivity index (χ3v) is 4.27. The molecule has 3 rings (SSSR count). The maximum absolute atomic E-state index is 12.8. The van der Waals surface area contributed by atoms with Gasteiger partial charge < -0.3 is 20.8 Å². The van der Waals surface area contributed by atoms with E-state index in [0.29, 0.717) is 28.4 Å². The van der Waals surface area contributed by atoms with Gasteiger partial charge in [-0.3, -0.25) is 14.6 Å². The Morgan fingerprint density at radius 1 is 0.879 bits per heavy atom. The first kappa shape index (κ1) is 25.2. The quantitative estimate of drug-likeness (QED) is 0.305. The number of carbonyl (C=O) groups is 4. The third-order valence-electron chi connectivity index (χ3n) is 4.04. The number of nitrogens with one attached hydrogen (secondary N) is 2. The highest BCUT2D eigenvalue weighted by Gasteiger charge is 2.16. The van der Waals surface area contributed by atoms with Crippen molar-refractivity contribution in [3.8, 4) is 0 Å². The Kier molecular flexibility index (Phi) is 9.69. The summed E-state index contributed by atoms with van der Waals surface area (Å²) in [4.78, 5) is 47.4. The number of anilines is 1. The maximum Gasteiger partial charge on any atom is 0.414 e. The van der Waals surface area contributed by atoms with Gasteiger partial charge in [0, 0.05) is 28.9 Å². The number of rotatable bonds is 7. The van der Waals surface area contributed by atoms with E-state index in [1.165, 1.54) is 0 Å². The highest BCUT2D eigenvalue weighted by Crippen LogP contribution is 2.23. The summed E-state index contributed by atoms with van der Waals surface area (Å²) >= 11 is 6.05. The zero-order valence-electron chi connectivity index (χ0n) is 17.2. The van der Waals surface area contributed by atoms with Gasteiger partial charge in [0.15, 0.2) is 5.78 Å². The molecule has 4 N–H and O–H groups in total. The highest BCUT2D eigenvalue weighted by molar-refractivity contribution is 6.31. The minimum Gasteiger partial charge on any atom is -0.473 e. The van der Waals surface area contributed by atoms with E-state index in [2.05, 4.69) is 15.6 Å². The number of amides is 1. The Morgan fingerprint density at radius 2 is 1.55 bits per heavy atom. The largest absolute Gasteiger partial charge is 0.473 e. The molecule has 2 aromatic carbocycles. The van der Waals surface area contributed by atoms with Crippen LogP contribution in [-0.4, -0.2) is 45.4 Å². The van der Waals surface area contributed by atoms with Crippen LogP contribution in [0.3, 0.4) is 0 Å². The molecule has 3 aromatic rings. The number of aromatic nitrogens is 1. The van der Waals surface area contributed by atoms with Gasteiger partial charge in [0.2, 0.25) is 5.91 Å². The number of halogens is 1. The summed E-state index contributed by atoms with van der Waals surface area (Å²) in [6, 6.07) is 19.3. The highest BCUT2D eigenvalue weighted by atomic mass is 35.5. The van der Waals surface area contributed by atoms with Crippen LogP contribution in [0.4, 0.5) is 5.69 Å². The zero-order chi connectivity index (χ0) is 24.2.